The molecule has 0 aliphatic heterocycles. The second-order valence-electron chi connectivity index (χ2n) is 6.10. The molecule has 26 heavy (non-hydrogen) atoms. The van der Waals surface area contributed by atoms with Gasteiger partial charge in [-0.3, -0.25) is 0 Å². The first-order chi connectivity index (χ1) is 12.8. The number of para-hydroxylation sites is 1. The highest BCUT2D eigenvalue weighted by Crippen LogP contribution is 2.29. The van der Waals surface area contributed by atoms with E-state index in [1.807, 2.05) is 66.7 Å². The van der Waals surface area contributed by atoms with Crippen molar-refractivity contribution in [3.05, 3.63) is 78.9 Å². The zero-order valence-corrected chi connectivity index (χ0v) is 14.8. The lowest BCUT2D eigenvalue weighted by Gasteiger charge is -2.10. The van der Waals surface area contributed by atoms with Gasteiger partial charge in [-0.05, 0) is 66.8 Å². The number of hydrogen-bond donors (Lipinski definition) is 1. The summed E-state index contributed by atoms with van der Waals surface area (Å²) in [6, 6.07) is 25.9. The zero-order valence-electron chi connectivity index (χ0n) is 14.8. The summed E-state index contributed by atoms with van der Waals surface area (Å²) >= 11 is 0. The number of hydrogen-bond acceptors (Lipinski definition) is 3. The Kier molecular flexibility index (Phi) is 6.68. The maximum atomic E-state index is 8.81. The molecule has 0 amide bonds. The third-order valence-corrected chi connectivity index (χ3v) is 4.05. The van der Waals surface area contributed by atoms with Crippen LogP contribution in [0.3, 0.4) is 0 Å². The zero-order chi connectivity index (χ0) is 18.0. The fraction of sp³-hybridized carbons (Fsp3) is 0.217. The summed E-state index contributed by atoms with van der Waals surface area (Å²) in [7, 11) is 0. The Labute approximate surface area is 154 Å². The fourth-order valence-corrected chi connectivity index (χ4v) is 2.71. The molecular formula is C23H24O3. The monoisotopic (exact) mass is 348 g/mol. The van der Waals surface area contributed by atoms with Crippen LogP contribution in [-0.4, -0.2) is 18.3 Å². The normalized spacial score (nSPS) is 10.5. The van der Waals surface area contributed by atoms with Gasteiger partial charge in [0.15, 0.2) is 0 Å². The number of aliphatic hydroxyl groups excluding tert-OH is 1. The van der Waals surface area contributed by atoms with E-state index in [9.17, 15) is 0 Å². The van der Waals surface area contributed by atoms with Crippen molar-refractivity contribution in [2.24, 2.45) is 0 Å². The van der Waals surface area contributed by atoms with Crippen LogP contribution in [-0.2, 0) is 0 Å². The van der Waals surface area contributed by atoms with Crippen LogP contribution in [0, 0.1) is 0 Å². The van der Waals surface area contributed by atoms with Gasteiger partial charge in [-0.1, -0.05) is 42.5 Å². The molecule has 0 aliphatic rings. The van der Waals surface area contributed by atoms with Gasteiger partial charge < -0.3 is 14.6 Å². The predicted molar refractivity (Wildman–Crippen MR) is 105 cm³/mol. The SMILES string of the molecule is OCCCCCOc1cccc(-c2cccc(Oc3ccccc3)c2)c1. The van der Waals surface area contributed by atoms with Gasteiger partial charge in [0, 0.05) is 6.61 Å². The summed E-state index contributed by atoms with van der Waals surface area (Å²) < 4.78 is 11.7. The summed E-state index contributed by atoms with van der Waals surface area (Å²) in [6.45, 7) is 0.914. The van der Waals surface area contributed by atoms with Gasteiger partial charge in [-0.25, -0.2) is 0 Å². The maximum Gasteiger partial charge on any atom is 0.128 e. The molecule has 3 rings (SSSR count). The first kappa shape index (κ1) is 18.0. The number of benzene rings is 3. The average Bonchev–Trinajstić information content (AvgIpc) is 2.69. The van der Waals surface area contributed by atoms with Gasteiger partial charge in [0.1, 0.15) is 17.2 Å². The molecule has 134 valence electrons. The third-order valence-electron chi connectivity index (χ3n) is 4.05. The molecule has 0 spiro atoms. The molecule has 3 aromatic rings. The van der Waals surface area contributed by atoms with Crippen LogP contribution in [0.2, 0.25) is 0 Å². The number of ether oxygens (including phenoxy) is 2. The van der Waals surface area contributed by atoms with Crippen molar-refractivity contribution < 1.29 is 14.6 Å². The lowest BCUT2D eigenvalue weighted by Crippen LogP contribution is -1.98. The molecule has 3 nitrogen and oxygen atoms in total. The molecule has 0 heterocycles. The lowest BCUT2D eigenvalue weighted by molar-refractivity contribution is 0.266. The summed E-state index contributed by atoms with van der Waals surface area (Å²) in [5, 5.41) is 8.81. The van der Waals surface area contributed by atoms with Crippen molar-refractivity contribution in [1.82, 2.24) is 0 Å². The Morgan fingerprint density at radius 1 is 0.615 bits per heavy atom. The molecule has 0 saturated heterocycles. The number of aliphatic hydroxyl groups is 1. The Morgan fingerprint density at radius 2 is 1.27 bits per heavy atom. The van der Waals surface area contributed by atoms with Crippen LogP contribution >= 0.6 is 0 Å². The van der Waals surface area contributed by atoms with Crippen LogP contribution in [0.4, 0.5) is 0 Å². The maximum absolute atomic E-state index is 8.81. The van der Waals surface area contributed by atoms with Crippen LogP contribution in [0.1, 0.15) is 19.3 Å². The Balaban J connectivity index is 1.67. The number of rotatable bonds is 9. The van der Waals surface area contributed by atoms with E-state index in [0.717, 1.165) is 47.6 Å². The van der Waals surface area contributed by atoms with Crippen LogP contribution in [0.25, 0.3) is 11.1 Å². The fourth-order valence-electron chi connectivity index (χ4n) is 2.71. The van der Waals surface area contributed by atoms with Crippen LogP contribution < -0.4 is 9.47 Å². The van der Waals surface area contributed by atoms with Crippen LogP contribution in [0.15, 0.2) is 78.9 Å². The van der Waals surface area contributed by atoms with Crippen molar-refractivity contribution in [1.29, 1.82) is 0 Å². The second kappa shape index (κ2) is 9.64. The summed E-state index contributed by atoms with van der Waals surface area (Å²) in [6.07, 6.45) is 2.76. The van der Waals surface area contributed by atoms with Gasteiger partial charge in [0.05, 0.1) is 6.61 Å². The predicted octanol–water partition coefficient (Wildman–Crippen LogP) is 5.69. The van der Waals surface area contributed by atoms with E-state index in [1.165, 1.54) is 0 Å². The highest BCUT2D eigenvalue weighted by molar-refractivity contribution is 5.66. The van der Waals surface area contributed by atoms with Crippen molar-refractivity contribution >= 4 is 0 Å². The minimum atomic E-state index is 0.247. The van der Waals surface area contributed by atoms with Gasteiger partial charge in [0.25, 0.3) is 0 Å². The Morgan fingerprint density at radius 3 is 2.00 bits per heavy atom. The van der Waals surface area contributed by atoms with E-state index in [2.05, 4.69) is 12.1 Å². The molecule has 1 N–H and O–H groups in total. The molecule has 0 aromatic heterocycles. The van der Waals surface area contributed by atoms with E-state index in [-0.39, 0.29) is 6.61 Å². The van der Waals surface area contributed by atoms with Crippen molar-refractivity contribution in [3.8, 4) is 28.4 Å². The minimum absolute atomic E-state index is 0.247. The Hall–Kier alpha value is -2.78. The lowest BCUT2D eigenvalue weighted by atomic mass is 10.1. The van der Waals surface area contributed by atoms with Crippen LogP contribution in [0.5, 0.6) is 17.2 Å². The summed E-state index contributed by atoms with van der Waals surface area (Å²) in [4.78, 5) is 0. The van der Waals surface area contributed by atoms with Gasteiger partial charge in [-0.2, -0.15) is 0 Å². The topological polar surface area (TPSA) is 38.7 Å². The molecule has 0 atom stereocenters. The molecule has 0 bridgehead atoms. The summed E-state index contributed by atoms with van der Waals surface area (Å²) in [5.74, 6) is 2.49. The van der Waals surface area contributed by atoms with E-state index >= 15 is 0 Å². The number of unbranched alkanes of at least 4 members (excludes halogenated alkanes) is 2. The molecule has 0 unspecified atom stereocenters. The average molecular weight is 348 g/mol. The van der Waals surface area contributed by atoms with Crippen molar-refractivity contribution in [2.75, 3.05) is 13.2 Å². The van der Waals surface area contributed by atoms with Gasteiger partial charge >= 0.3 is 0 Å². The molecule has 0 fully saturated rings. The van der Waals surface area contributed by atoms with E-state index < -0.39 is 0 Å². The van der Waals surface area contributed by atoms with E-state index in [4.69, 9.17) is 14.6 Å². The first-order valence-corrected chi connectivity index (χ1v) is 9.02. The third kappa shape index (κ3) is 5.36. The van der Waals surface area contributed by atoms with Gasteiger partial charge in [0.2, 0.25) is 0 Å². The van der Waals surface area contributed by atoms with E-state index in [1.54, 1.807) is 0 Å². The quantitative estimate of drug-likeness (QED) is 0.505. The summed E-state index contributed by atoms with van der Waals surface area (Å²) in [5.41, 5.74) is 2.18. The van der Waals surface area contributed by atoms with Crippen molar-refractivity contribution in [2.45, 2.75) is 19.3 Å². The molecule has 0 radical (unpaired) electrons. The molecule has 0 aliphatic carbocycles. The highest BCUT2D eigenvalue weighted by Gasteiger charge is 2.03. The molecule has 0 saturated carbocycles. The molecule has 3 aromatic carbocycles. The first-order valence-electron chi connectivity index (χ1n) is 9.02. The molecule has 3 heteroatoms. The largest absolute Gasteiger partial charge is 0.494 e. The highest BCUT2D eigenvalue weighted by atomic mass is 16.5. The van der Waals surface area contributed by atoms with E-state index in [0.29, 0.717) is 6.61 Å². The Bertz CT molecular complexity index is 799. The molecular weight excluding hydrogens is 324 g/mol. The van der Waals surface area contributed by atoms with Gasteiger partial charge in [-0.15, -0.1) is 0 Å². The smallest absolute Gasteiger partial charge is 0.128 e. The standard InChI is InChI=1S/C23H24O3/c24-15-5-2-6-16-25-22-13-7-9-19(17-22)20-10-8-14-23(18-20)26-21-11-3-1-4-12-21/h1,3-4,7-14,17-18,24H,2,5-6,15-16H2. The van der Waals surface area contributed by atoms with Crippen molar-refractivity contribution in [3.63, 3.8) is 0 Å². The minimum Gasteiger partial charge on any atom is -0.494 e. The second-order valence-corrected chi connectivity index (χ2v) is 6.10.